The van der Waals surface area contributed by atoms with Crippen molar-refractivity contribution in [2.45, 2.75) is 39.2 Å². The molecule has 2 aliphatic heterocycles. The van der Waals surface area contributed by atoms with Crippen molar-refractivity contribution >= 4 is 30.0 Å². The Balaban J connectivity index is 0.00000256. The van der Waals surface area contributed by atoms with Crippen LogP contribution in [0.15, 0.2) is 36.5 Å². The Labute approximate surface area is 184 Å². The Morgan fingerprint density at radius 1 is 1.10 bits per heavy atom. The van der Waals surface area contributed by atoms with E-state index in [9.17, 15) is 9.59 Å². The maximum absolute atomic E-state index is 12.9. The van der Waals surface area contributed by atoms with Gasteiger partial charge in [0, 0.05) is 44.0 Å². The quantitative estimate of drug-likeness (QED) is 0.815. The standard InChI is InChI=1S/C23H28N4O2.ClH/c1-15-12-16(2)21(24-14-15)26-8-10-27(11-9-26)23(29)19-6-4-18(5-7-19)20-13-17(3)25-22(20)28;/h4-7,12,14,17,20H,8-11,13H2,1-3H3,(H,25,28);1H/t17?,20-;/m0./s1. The van der Waals surface area contributed by atoms with Crippen molar-refractivity contribution in [1.29, 1.82) is 0 Å². The highest BCUT2D eigenvalue weighted by Crippen LogP contribution is 2.27. The summed E-state index contributed by atoms with van der Waals surface area (Å²) in [5.41, 5.74) is 3.99. The highest BCUT2D eigenvalue weighted by molar-refractivity contribution is 5.94. The van der Waals surface area contributed by atoms with Crippen LogP contribution in [0.4, 0.5) is 5.82 Å². The van der Waals surface area contributed by atoms with Crippen molar-refractivity contribution in [2.75, 3.05) is 31.1 Å². The van der Waals surface area contributed by atoms with E-state index < -0.39 is 0 Å². The number of carbonyl (C=O) groups excluding carboxylic acids is 2. The normalized spacial score (nSPS) is 21.2. The first-order valence-electron chi connectivity index (χ1n) is 10.3. The SMILES string of the molecule is Cc1cnc(N2CCN(C(=O)c3ccc([C@@H]4CC(C)NC4=O)cc3)CC2)c(C)c1.Cl. The Hall–Kier alpha value is -2.60. The van der Waals surface area contributed by atoms with Crippen LogP contribution in [0.5, 0.6) is 0 Å². The van der Waals surface area contributed by atoms with Gasteiger partial charge in [0.15, 0.2) is 0 Å². The first-order valence-corrected chi connectivity index (χ1v) is 10.3. The molecule has 2 fully saturated rings. The molecule has 0 saturated carbocycles. The Morgan fingerprint density at radius 3 is 2.33 bits per heavy atom. The number of rotatable bonds is 3. The van der Waals surface area contributed by atoms with Crippen molar-refractivity contribution in [3.8, 4) is 0 Å². The van der Waals surface area contributed by atoms with Crippen molar-refractivity contribution in [2.24, 2.45) is 0 Å². The fourth-order valence-electron chi connectivity index (χ4n) is 4.35. The molecule has 1 aromatic carbocycles. The van der Waals surface area contributed by atoms with Gasteiger partial charge in [-0.3, -0.25) is 9.59 Å². The topological polar surface area (TPSA) is 65.5 Å². The summed E-state index contributed by atoms with van der Waals surface area (Å²) in [4.78, 5) is 33.7. The number of nitrogens with one attached hydrogen (secondary N) is 1. The maximum Gasteiger partial charge on any atom is 0.253 e. The molecule has 6 nitrogen and oxygen atoms in total. The molecule has 4 rings (SSSR count). The van der Waals surface area contributed by atoms with Crippen LogP contribution >= 0.6 is 12.4 Å². The first kappa shape index (κ1) is 22.1. The van der Waals surface area contributed by atoms with Gasteiger partial charge in [0.25, 0.3) is 5.91 Å². The fraction of sp³-hybridized carbons (Fsp3) is 0.435. The van der Waals surface area contributed by atoms with Gasteiger partial charge in [-0.15, -0.1) is 12.4 Å². The van der Waals surface area contributed by atoms with E-state index in [1.165, 1.54) is 5.56 Å². The lowest BCUT2D eigenvalue weighted by atomic mass is 9.95. The van der Waals surface area contributed by atoms with E-state index in [0.717, 1.165) is 36.5 Å². The number of benzene rings is 1. The molecular weight excluding hydrogens is 400 g/mol. The number of pyridine rings is 1. The number of hydrogen-bond acceptors (Lipinski definition) is 4. The number of aryl methyl sites for hydroxylation is 2. The predicted octanol–water partition coefficient (Wildman–Crippen LogP) is 3.07. The molecule has 1 N–H and O–H groups in total. The number of amides is 2. The number of piperazine rings is 1. The smallest absolute Gasteiger partial charge is 0.253 e. The lowest BCUT2D eigenvalue weighted by Gasteiger charge is -2.36. The molecule has 160 valence electrons. The summed E-state index contributed by atoms with van der Waals surface area (Å²) in [7, 11) is 0. The fourth-order valence-corrected chi connectivity index (χ4v) is 4.35. The van der Waals surface area contributed by atoms with Gasteiger partial charge in [0.05, 0.1) is 5.92 Å². The number of hydrogen-bond donors (Lipinski definition) is 1. The second kappa shape index (κ2) is 9.04. The zero-order valence-corrected chi connectivity index (χ0v) is 18.5. The minimum absolute atomic E-state index is 0. The highest BCUT2D eigenvalue weighted by atomic mass is 35.5. The van der Waals surface area contributed by atoms with Crippen LogP contribution in [0, 0.1) is 13.8 Å². The molecule has 3 heterocycles. The van der Waals surface area contributed by atoms with Crippen LogP contribution in [0.25, 0.3) is 0 Å². The summed E-state index contributed by atoms with van der Waals surface area (Å²) in [6.07, 6.45) is 2.70. The molecule has 30 heavy (non-hydrogen) atoms. The van der Waals surface area contributed by atoms with E-state index in [1.807, 2.05) is 49.2 Å². The van der Waals surface area contributed by atoms with Gasteiger partial charge in [0.1, 0.15) is 5.82 Å². The van der Waals surface area contributed by atoms with Gasteiger partial charge in [-0.05, 0) is 56.0 Å². The van der Waals surface area contributed by atoms with Gasteiger partial charge in [-0.25, -0.2) is 4.98 Å². The molecule has 2 aliphatic rings. The molecule has 2 atom stereocenters. The van der Waals surface area contributed by atoms with Gasteiger partial charge in [-0.1, -0.05) is 18.2 Å². The third kappa shape index (κ3) is 4.43. The second-order valence-corrected chi connectivity index (χ2v) is 8.25. The van der Waals surface area contributed by atoms with E-state index in [0.29, 0.717) is 18.7 Å². The van der Waals surface area contributed by atoms with E-state index >= 15 is 0 Å². The van der Waals surface area contributed by atoms with Crippen LogP contribution in [-0.4, -0.2) is 53.9 Å². The minimum Gasteiger partial charge on any atom is -0.353 e. The van der Waals surface area contributed by atoms with E-state index in [2.05, 4.69) is 28.2 Å². The predicted molar refractivity (Wildman–Crippen MR) is 120 cm³/mol. The maximum atomic E-state index is 12.9. The summed E-state index contributed by atoms with van der Waals surface area (Å²) in [6.45, 7) is 9.06. The lowest BCUT2D eigenvalue weighted by molar-refractivity contribution is -0.120. The van der Waals surface area contributed by atoms with Crippen LogP contribution in [-0.2, 0) is 4.79 Å². The number of aromatic nitrogens is 1. The van der Waals surface area contributed by atoms with Crippen LogP contribution < -0.4 is 10.2 Å². The van der Waals surface area contributed by atoms with E-state index in [-0.39, 0.29) is 36.2 Å². The second-order valence-electron chi connectivity index (χ2n) is 8.25. The first-order chi connectivity index (χ1) is 13.9. The zero-order valence-electron chi connectivity index (χ0n) is 17.7. The van der Waals surface area contributed by atoms with Crippen molar-refractivity contribution < 1.29 is 9.59 Å². The monoisotopic (exact) mass is 428 g/mol. The summed E-state index contributed by atoms with van der Waals surface area (Å²) in [6, 6.07) is 9.90. The Morgan fingerprint density at radius 2 is 1.77 bits per heavy atom. The van der Waals surface area contributed by atoms with Crippen LogP contribution in [0.2, 0.25) is 0 Å². The molecule has 2 saturated heterocycles. The number of nitrogens with zero attached hydrogens (tertiary/aromatic N) is 3. The molecule has 0 aliphatic carbocycles. The van der Waals surface area contributed by atoms with Crippen molar-refractivity contribution in [3.05, 3.63) is 58.8 Å². The number of halogens is 1. The molecule has 0 radical (unpaired) electrons. The minimum atomic E-state index is -0.108. The van der Waals surface area contributed by atoms with Crippen LogP contribution in [0.3, 0.4) is 0 Å². The molecule has 2 amide bonds. The van der Waals surface area contributed by atoms with Gasteiger partial charge < -0.3 is 15.1 Å². The molecular formula is C23H29ClN4O2. The average molecular weight is 429 g/mol. The molecule has 0 spiro atoms. The summed E-state index contributed by atoms with van der Waals surface area (Å²) < 4.78 is 0. The van der Waals surface area contributed by atoms with Gasteiger partial charge in [-0.2, -0.15) is 0 Å². The lowest BCUT2D eigenvalue weighted by Crippen LogP contribution is -2.49. The van der Waals surface area contributed by atoms with Crippen molar-refractivity contribution in [3.63, 3.8) is 0 Å². The number of carbonyl (C=O) groups is 2. The molecule has 1 unspecified atom stereocenters. The third-order valence-electron chi connectivity index (χ3n) is 5.91. The number of anilines is 1. The zero-order chi connectivity index (χ0) is 20.5. The molecule has 7 heteroatoms. The van der Waals surface area contributed by atoms with Gasteiger partial charge >= 0.3 is 0 Å². The largest absolute Gasteiger partial charge is 0.353 e. The van der Waals surface area contributed by atoms with E-state index in [4.69, 9.17) is 0 Å². The van der Waals surface area contributed by atoms with Crippen LogP contribution in [0.1, 0.15) is 46.3 Å². The molecule has 1 aromatic heterocycles. The molecule has 0 bridgehead atoms. The van der Waals surface area contributed by atoms with Gasteiger partial charge in [0.2, 0.25) is 5.91 Å². The summed E-state index contributed by atoms with van der Waals surface area (Å²) in [5, 5.41) is 2.96. The summed E-state index contributed by atoms with van der Waals surface area (Å²) in [5.74, 6) is 1.03. The average Bonchev–Trinajstić information content (AvgIpc) is 3.06. The van der Waals surface area contributed by atoms with E-state index in [1.54, 1.807) is 0 Å². The van der Waals surface area contributed by atoms with Crippen molar-refractivity contribution in [1.82, 2.24) is 15.2 Å². The third-order valence-corrected chi connectivity index (χ3v) is 5.91. The Bertz CT molecular complexity index is 923. The summed E-state index contributed by atoms with van der Waals surface area (Å²) >= 11 is 0. The highest BCUT2D eigenvalue weighted by Gasteiger charge is 2.31. The molecule has 2 aromatic rings. The Kier molecular flexibility index (Phi) is 6.66.